The van der Waals surface area contributed by atoms with Gasteiger partial charge in [0.2, 0.25) is 0 Å². The van der Waals surface area contributed by atoms with Gasteiger partial charge in [0, 0.05) is 23.4 Å². The number of hydrogen-bond donors (Lipinski definition) is 1. The van der Waals surface area contributed by atoms with Crippen molar-refractivity contribution in [2.24, 2.45) is 0 Å². The average molecular weight is 284 g/mol. The molecule has 0 fully saturated rings. The first-order valence-corrected chi connectivity index (χ1v) is 7.11. The van der Waals surface area contributed by atoms with Gasteiger partial charge in [-0.3, -0.25) is 10.1 Å². The Balaban J connectivity index is 2.21. The monoisotopic (exact) mass is 284 g/mol. The van der Waals surface area contributed by atoms with Gasteiger partial charge in [-0.05, 0) is 31.9 Å². The van der Waals surface area contributed by atoms with Crippen molar-refractivity contribution in [3.63, 3.8) is 0 Å². The fourth-order valence-electron chi connectivity index (χ4n) is 2.31. The van der Waals surface area contributed by atoms with Crippen LogP contribution in [-0.4, -0.2) is 4.92 Å². The molecule has 21 heavy (non-hydrogen) atoms. The fraction of sp³-hybridized carbons (Fsp3) is 0.294. The molecular formula is C17H20N2O2. The molecule has 2 rings (SSSR count). The summed E-state index contributed by atoms with van der Waals surface area (Å²) in [5, 5.41) is 14.4. The molecule has 0 aromatic heterocycles. The Morgan fingerprint density at radius 2 is 1.86 bits per heavy atom. The number of nitro groups is 1. The van der Waals surface area contributed by atoms with Crippen LogP contribution in [0.15, 0.2) is 42.5 Å². The summed E-state index contributed by atoms with van der Waals surface area (Å²) in [6.07, 6.45) is 0.657. The van der Waals surface area contributed by atoms with Crippen molar-refractivity contribution < 1.29 is 4.92 Å². The summed E-state index contributed by atoms with van der Waals surface area (Å²) in [5.41, 5.74) is 4.08. The quantitative estimate of drug-likeness (QED) is 0.643. The molecule has 4 nitrogen and oxygen atoms in total. The van der Waals surface area contributed by atoms with Gasteiger partial charge in [0.05, 0.1) is 4.92 Å². The van der Waals surface area contributed by atoms with Gasteiger partial charge >= 0.3 is 0 Å². The normalized spacial score (nSPS) is 12.0. The van der Waals surface area contributed by atoms with E-state index in [1.54, 1.807) is 6.07 Å². The molecule has 0 aliphatic heterocycles. The van der Waals surface area contributed by atoms with Crippen molar-refractivity contribution >= 4 is 11.4 Å². The third-order valence-corrected chi connectivity index (χ3v) is 3.62. The highest BCUT2D eigenvalue weighted by atomic mass is 16.6. The van der Waals surface area contributed by atoms with Crippen molar-refractivity contribution in [2.45, 2.75) is 33.2 Å². The lowest BCUT2D eigenvalue weighted by molar-refractivity contribution is -0.385. The maximum Gasteiger partial charge on any atom is 0.274 e. The van der Waals surface area contributed by atoms with E-state index in [0.29, 0.717) is 6.42 Å². The van der Waals surface area contributed by atoms with Crippen LogP contribution >= 0.6 is 0 Å². The number of nitrogens with one attached hydrogen (secondary N) is 1. The molecule has 0 amide bonds. The number of nitrogens with zero attached hydrogens (tertiary/aromatic N) is 1. The molecule has 2 aromatic rings. The predicted octanol–water partition coefficient (Wildman–Crippen LogP) is 4.64. The largest absolute Gasteiger partial charge is 0.378 e. The second-order valence-corrected chi connectivity index (χ2v) is 5.23. The summed E-state index contributed by atoms with van der Waals surface area (Å²) in [6, 6.07) is 13.7. The van der Waals surface area contributed by atoms with Crippen molar-refractivity contribution in [3.05, 3.63) is 69.3 Å². The number of benzene rings is 2. The molecule has 0 bridgehead atoms. The number of aryl methyl sites for hydroxylation is 2. The van der Waals surface area contributed by atoms with Gasteiger partial charge in [0.25, 0.3) is 5.69 Å². The first kappa shape index (κ1) is 15.0. The number of nitro benzene ring substituents is 1. The molecule has 2 aromatic carbocycles. The molecule has 0 saturated heterocycles. The Morgan fingerprint density at radius 3 is 2.43 bits per heavy atom. The molecule has 0 aliphatic rings. The molecule has 0 aliphatic carbocycles. The van der Waals surface area contributed by atoms with E-state index >= 15 is 0 Å². The third-order valence-electron chi connectivity index (χ3n) is 3.62. The number of hydrogen-bond acceptors (Lipinski definition) is 3. The van der Waals surface area contributed by atoms with E-state index in [4.69, 9.17) is 0 Å². The van der Waals surface area contributed by atoms with Crippen molar-refractivity contribution in [1.29, 1.82) is 0 Å². The lowest BCUT2D eigenvalue weighted by atomic mass is 10.1. The summed E-state index contributed by atoms with van der Waals surface area (Å²) in [4.78, 5) is 10.8. The Labute approximate surface area is 125 Å². The van der Waals surface area contributed by atoms with Crippen LogP contribution in [0.2, 0.25) is 0 Å². The van der Waals surface area contributed by atoms with Crippen molar-refractivity contribution in [2.75, 3.05) is 5.32 Å². The Hall–Kier alpha value is -2.36. The third kappa shape index (κ3) is 3.60. The molecular weight excluding hydrogens is 264 g/mol. The molecule has 4 heteroatoms. The zero-order valence-corrected chi connectivity index (χ0v) is 12.6. The second kappa shape index (κ2) is 6.39. The molecule has 0 saturated carbocycles. The van der Waals surface area contributed by atoms with Crippen LogP contribution in [0.1, 0.15) is 36.6 Å². The minimum absolute atomic E-state index is 0.0951. The van der Waals surface area contributed by atoms with Gasteiger partial charge in [-0.1, -0.05) is 42.8 Å². The van der Waals surface area contributed by atoms with Gasteiger partial charge in [0.15, 0.2) is 0 Å². The highest BCUT2D eigenvalue weighted by Crippen LogP contribution is 2.26. The topological polar surface area (TPSA) is 55.2 Å². The van der Waals surface area contributed by atoms with Gasteiger partial charge in [-0.25, -0.2) is 0 Å². The van der Waals surface area contributed by atoms with Crippen LogP contribution in [0.25, 0.3) is 0 Å². The zero-order chi connectivity index (χ0) is 15.4. The fourth-order valence-corrected chi connectivity index (χ4v) is 2.31. The average Bonchev–Trinajstić information content (AvgIpc) is 2.47. The van der Waals surface area contributed by atoms with Crippen LogP contribution in [0.3, 0.4) is 0 Å². The number of anilines is 1. The lowest BCUT2D eigenvalue weighted by Gasteiger charge is -2.16. The van der Waals surface area contributed by atoms with E-state index in [1.165, 1.54) is 5.56 Å². The van der Waals surface area contributed by atoms with Crippen LogP contribution < -0.4 is 5.32 Å². The van der Waals surface area contributed by atoms with Crippen LogP contribution in [-0.2, 0) is 6.42 Å². The SMILES string of the molecule is CCc1ccc(NC(C)c2ccc(C)cc2)cc1[N+](=O)[O-]. The Bertz CT molecular complexity index is 636. The van der Waals surface area contributed by atoms with Gasteiger partial charge in [-0.15, -0.1) is 0 Å². The minimum Gasteiger partial charge on any atom is -0.378 e. The first-order valence-electron chi connectivity index (χ1n) is 7.11. The van der Waals surface area contributed by atoms with Crippen LogP contribution in [0, 0.1) is 17.0 Å². The smallest absolute Gasteiger partial charge is 0.274 e. The maximum atomic E-state index is 11.1. The molecule has 0 heterocycles. The summed E-state index contributed by atoms with van der Waals surface area (Å²) in [7, 11) is 0. The van der Waals surface area contributed by atoms with Crippen LogP contribution in [0.5, 0.6) is 0 Å². The standard InChI is InChI=1S/C17H20N2O2/c1-4-14-9-10-16(11-17(14)19(20)21)18-13(3)15-7-5-12(2)6-8-15/h5-11,13,18H,4H2,1-3H3. The predicted molar refractivity (Wildman–Crippen MR) is 85.7 cm³/mol. The second-order valence-electron chi connectivity index (χ2n) is 5.23. The summed E-state index contributed by atoms with van der Waals surface area (Å²) in [6.45, 7) is 6.02. The van der Waals surface area contributed by atoms with Gasteiger partial charge < -0.3 is 5.32 Å². The van der Waals surface area contributed by atoms with E-state index in [9.17, 15) is 10.1 Å². The lowest BCUT2D eigenvalue weighted by Crippen LogP contribution is -2.07. The molecule has 1 N–H and O–H groups in total. The maximum absolute atomic E-state index is 11.1. The number of rotatable bonds is 5. The minimum atomic E-state index is -0.319. The zero-order valence-electron chi connectivity index (χ0n) is 12.6. The molecule has 0 spiro atoms. The molecule has 0 radical (unpaired) electrons. The molecule has 110 valence electrons. The van der Waals surface area contributed by atoms with E-state index in [0.717, 1.165) is 16.8 Å². The van der Waals surface area contributed by atoms with Crippen molar-refractivity contribution in [3.8, 4) is 0 Å². The van der Waals surface area contributed by atoms with Crippen LogP contribution in [0.4, 0.5) is 11.4 Å². The van der Waals surface area contributed by atoms with Gasteiger partial charge in [0.1, 0.15) is 0 Å². The first-order chi connectivity index (χ1) is 10.0. The Morgan fingerprint density at radius 1 is 1.19 bits per heavy atom. The summed E-state index contributed by atoms with van der Waals surface area (Å²) < 4.78 is 0. The Kier molecular flexibility index (Phi) is 4.58. The molecule has 1 atom stereocenters. The molecule has 1 unspecified atom stereocenters. The highest BCUT2D eigenvalue weighted by molar-refractivity contribution is 5.56. The summed E-state index contributed by atoms with van der Waals surface area (Å²) >= 11 is 0. The van der Waals surface area contributed by atoms with Crippen molar-refractivity contribution in [1.82, 2.24) is 0 Å². The van der Waals surface area contributed by atoms with E-state index in [1.807, 2.05) is 26.0 Å². The van der Waals surface area contributed by atoms with E-state index < -0.39 is 0 Å². The van der Waals surface area contributed by atoms with E-state index in [-0.39, 0.29) is 16.7 Å². The van der Waals surface area contributed by atoms with E-state index in [2.05, 4.69) is 36.5 Å². The van der Waals surface area contributed by atoms with Gasteiger partial charge in [-0.2, -0.15) is 0 Å². The highest BCUT2D eigenvalue weighted by Gasteiger charge is 2.14. The summed E-state index contributed by atoms with van der Waals surface area (Å²) in [5.74, 6) is 0.